The summed E-state index contributed by atoms with van der Waals surface area (Å²) in [7, 11) is 1.47. The number of amides is 2. The average Bonchev–Trinajstić information content (AvgIpc) is 2.46. The van der Waals surface area contributed by atoms with Crippen LogP contribution in [0.15, 0.2) is 18.2 Å². The van der Waals surface area contributed by atoms with Crippen LogP contribution in [0.5, 0.6) is 5.75 Å². The number of nitrogens with one attached hydrogen (secondary N) is 2. The lowest BCUT2D eigenvalue weighted by Gasteiger charge is -2.22. The molecule has 1 unspecified atom stereocenters. The van der Waals surface area contributed by atoms with Crippen molar-refractivity contribution in [1.29, 1.82) is 0 Å². The molecule has 1 heterocycles. The molecule has 2 N–H and O–H groups in total. The molecular weight excluding hydrogens is 278 g/mol. The van der Waals surface area contributed by atoms with Crippen molar-refractivity contribution < 1.29 is 19.2 Å². The molecule has 0 saturated carbocycles. The van der Waals surface area contributed by atoms with Gasteiger partial charge in [0, 0.05) is 30.7 Å². The molecule has 1 aromatic carbocycles. The van der Waals surface area contributed by atoms with E-state index in [1.165, 1.54) is 25.3 Å². The Bertz CT molecular complexity index is 587. The lowest BCUT2D eigenvalue weighted by molar-refractivity contribution is -0.384. The van der Waals surface area contributed by atoms with E-state index < -0.39 is 11.0 Å². The van der Waals surface area contributed by atoms with E-state index in [1.54, 1.807) is 0 Å². The third kappa shape index (κ3) is 3.54. The number of piperidine rings is 1. The number of rotatable bonds is 5. The van der Waals surface area contributed by atoms with E-state index >= 15 is 0 Å². The second-order valence-electron chi connectivity index (χ2n) is 4.64. The fourth-order valence-corrected chi connectivity index (χ4v) is 2.14. The number of hydrogen-bond donors (Lipinski definition) is 2. The van der Waals surface area contributed by atoms with Crippen LogP contribution >= 0.6 is 0 Å². The van der Waals surface area contributed by atoms with Gasteiger partial charge >= 0.3 is 0 Å². The molecule has 8 nitrogen and oxygen atoms in total. The van der Waals surface area contributed by atoms with Gasteiger partial charge in [-0.3, -0.25) is 25.0 Å². The Morgan fingerprint density at radius 3 is 2.86 bits per heavy atom. The van der Waals surface area contributed by atoms with Crippen LogP contribution in [0.1, 0.15) is 18.4 Å². The van der Waals surface area contributed by atoms with Gasteiger partial charge in [0.15, 0.2) is 0 Å². The zero-order valence-electron chi connectivity index (χ0n) is 11.4. The summed E-state index contributed by atoms with van der Waals surface area (Å²) < 4.78 is 5.15. The molecule has 0 spiro atoms. The molecule has 0 radical (unpaired) electrons. The molecule has 1 saturated heterocycles. The maximum Gasteiger partial charge on any atom is 0.270 e. The summed E-state index contributed by atoms with van der Waals surface area (Å²) in [4.78, 5) is 33.0. The number of imide groups is 1. The van der Waals surface area contributed by atoms with Gasteiger partial charge in [-0.05, 0) is 12.5 Å². The van der Waals surface area contributed by atoms with Gasteiger partial charge in [-0.25, -0.2) is 0 Å². The fraction of sp³-hybridized carbons (Fsp3) is 0.385. The van der Waals surface area contributed by atoms with Crippen LogP contribution in [-0.4, -0.2) is 29.9 Å². The number of nitro benzene ring substituents is 1. The van der Waals surface area contributed by atoms with E-state index in [9.17, 15) is 19.7 Å². The van der Waals surface area contributed by atoms with Gasteiger partial charge in [-0.1, -0.05) is 0 Å². The molecule has 0 bridgehead atoms. The van der Waals surface area contributed by atoms with Crippen molar-refractivity contribution in [3.63, 3.8) is 0 Å². The summed E-state index contributed by atoms with van der Waals surface area (Å²) in [6.45, 7) is 0.233. The Balaban J connectivity index is 2.08. The minimum atomic E-state index is -0.494. The Labute approximate surface area is 120 Å². The van der Waals surface area contributed by atoms with Gasteiger partial charge in [0.25, 0.3) is 5.69 Å². The Kier molecular flexibility index (Phi) is 4.49. The maximum absolute atomic E-state index is 11.6. The molecule has 1 aromatic rings. The van der Waals surface area contributed by atoms with Crippen molar-refractivity contribution >= 4 is 17.5 Å². The van der Waals surface area contributed by atoms with Crippen LogP contribution in [0.2, 0.25) is 0 Å². The van der Waals surface area contributed by atoms with Crippen molar-refractivity contribution in [2.45, 2.75) is 25.4 Å². The van der Waals surface area contributed by atoms with Crippen LogP contribution in [-0.2, 0) is 16.1 Å². The highest BCUT2D eigenvalue weighted by atomic mass is 16.6. The van der Waals surface area contributed by atoms with Crippen LogP contribution in [0.25, 0.3) is 0 Å². The van der Waals surface area contributed by atoms with Crippen molar-refractivity contribution in [2.24, 2.45) is 0 Å². The molecule has 1 atom stereocenters. The number of non-ortho nitro benzene ring substituents is 1. The maximum atomic E-state index is 11.6. The molecule has 8 heteroatoms. The van der Waals surface area contributed by atoms with Gasteiger partial charge in [0.1, 0.15) is 5.75 Å². The van der Waals surface area contributed by atoms with E-state index in [1.807, 2.05) is 0 Å². The van der Waals surface area contributed by atoms with Gasteiger partial charge < -0.3 is 10.1 Å². The summed E-state index contributed by atoms with van der Waals surface area (Å²) in [5.74, 6) is -0.165. The lowest BCUT2D eigenvalue weighted by Crippen LogP contribution is -2.50. The van der Waals surface area contributed by atoms with Crippen LogP contribution in [0.4, 0.5) is 5.69 Å². The number of nitrogens with zero attached hydrogens (tertiary/aromatic N) is 1. The van der Waals surface area contributed by atoms with Crippen LogP contribution in [0, 0.1) is 10.1 Å². The predicted octanol–water partition coefficient (Wildman–Crippen LogP) is 0.498. The highest BCUT2D eigenvalue weighted by Crippen LogP contribution is 2.24. The topological polar surface area (TPSA) is 111 Å². The second kappa shape index (κ2) is 6.31. The molecule has 21 heavy (non-hydrogen) atoms. The van der Waals surface area contributed by atoms with Crippen molar-refractivity contribution in [2.75, 3.05) is 7.11 Å². The summed E-state index contributed by atoms with van der Waals surface area (Å²) in [5.41, 5.74) is 0.535. The van der Waals surface area contributed by atoms with Gasteiger partial charge in [-0.2, -0.15) is 0 Å². The highest BCUT2D eigenvalue weighted by molar-refractivity contribution is 6.00. The third-order valence-electron chi connectivity index (χ3n) is 3.25. The van der Waals surface area contributed by atoms with Gasteiger partial charge in [-0.15, -0.1) is 0 Å². The van der Waals surface area contributed by atoms with E-state index in [0.29, 0.717) is 17.7 Å². The van der Waals surface area contributed by atoms with Crippen LogP contribution < -0.4 is 15.4 Å². The predicted molar refractivity (Wildman–Crippen MR) is 72.7 cm³/mol. The number of carbonyl (C=O) groups is 2. The summed E-state index contributed by atoms with van der Waals surface area (Å²) >= 11 is 0. The Hall–Kier alpha value is -2.48. The van der Waals surface area contributed by atoms with E-state index in [-0.39, 0.29) is 30.5 Å². The number of hydrogen-bond acceptors (Lipinski definition) is 6. The van der Waals surface area contributed by atoms with Crippen molar-refractivity contribution in [1.82, 2.24) is 10.6 Å². The summed E-state index contributed by atoms with van der Waals surface area (Å²) in [5, 5.41) is 16.0. The number of ether oxygens (including phenoxy) is 1. The summed E-state index contributed by atoms with van der Waals surface area (Å²) in [6, 6.07) is 3.78. The first-order valence-electron chi connectivity index (χ1n) is 6.39. The molecule has 112 valence electrons. The molecule has 1 fully saturated rings. The smallest absolute Gasteiger partial charge is 0.270 e. The highest BCUT2D eigenvalue weighted by Gasteiger charge is 2.26. The van der Waals surface area contributed by atoms with Crippen LogP contribution in [0.3, 0.4) is 0 Å². The minimum absolute atomic E-state index is 0.0455. The number of benzene rings is 1. The fourth-order valence-electron chi connectivity index (χ4n) is 2.14. The monoisotopic (exact) mass is 293 g/mol. The Morgan fingerprint density at radius 2 is 2.24 bits per heavy atom. The van der Waals surface area contributed by atoms with Gasteiger partial charge in [0.2, 0.25) is 11.8 Å². The molecule has 0 aliphatic carbocycles. The SMILES string of the molecule is COc1ccc([N+](=O)[O-])cc1CNC1CCC(=O)NC1=O. The zero-order chi connectivity index (χ0) is 15.4. The molecular formula is C13H15N3O5. The molecule has 0 aromatic heterocycles. The van der Waals surface area contributed by atoms with Crippen molar-refractivity contribution in [3.05, 3.63) is 33.9 Å². The Morgan fingerprint density at radius 1 is 1.48 bits per heavy atom. The second-order valence-corrected chi connectivity index (χ2v) is 4.64. The van der Waals surface area contributed by atoms with E-state index in [0.717, 1.165) is 0 Å². The first-order valence-corrected chi connectivity index (χ1v) is 6.39. The standard InChI is InChI=1S/C13H15N3O5/c1-21-11-4-2-9(16(19)20)6-8(11)7-14-10-3-5-12(17)15-13(10)18/h2,4,6,10,14H,3,5,7H2,1H3,(H,15,17,18). The quantitative estimate of drug-likeness (QED) is 0.464. The first-order chi connectivity index (χ1) is 10.0. The lowest BCUT2D eigenvalue weighted by atomic mass is 10.1. The molecule has 1 aliphatic heterocycles. The molecule has 2 amide bonds. The molecule has 2 rings (SSSR count). The van der Waals surface area contributed by atoms with Crippen molar-refractivity contribution in [3.8, 4) is 5.75 Å². The third-order valence-corrected chi connectivity index (χ3v) is 3.25. The largest absolute Gasteiger partial charge is 0.496 e. The van der Waals surface area contributed by atoms with Gasteiger partial charge in [0.05, 0.1) is 18.1 Å². The number of nitro groups is 1. The normalized spacial score (nSPS) is 18.2. The summed E-state index contributed by atoms with van der Waals surface area (Å²) in [6.07, 6.45) is 0.678. The molecule has 1 aliphatic rings. The zero-order valence-corrected chi connectivity index (χ0v) is 11.4. The number of methoxy groups -OCH3 is 1. The minimum Gasteiger partial charge on any atom is -0.496 e. The van der Waals surface area contributed by atoms with E-state index in [2.05, 4.69) is 10.6 Å². The van der Waals surface area contributed by atoms with E-state index in [4.69, 9.17) is 4.74 Å². The average molecular weight is 293 g/mol. The number of carbonyl (C=O) groups excluding carboxylic acids is 2. The first kappa shape index (κ1) is 14.9.